The molecule has 0 bridgehead atoms. The Morgan fingerprint density at radius 1 is 1.19 bits per heavy atom. The van der Waals surface area contributed by atoms with Gasteiger partial charge in [0.25, 0.3) is 5.91 Å². The van der Waals surface area contributed by atoms with E-state index in [2.05, 4.69) is 10.4 Å². The molecule has 1 saturated heterocycles. The second kappa shape index (κ2) is 8.03. The van der Waals surface area contributed by atoms with Gasteiger partial charge in [0, 0.05) is 36.3 Å². The van der Waals surface area contributed by atoms with E-state index in [1.54, 1.807) is 18.3 Å². The first-order chi connectivity index (χ1) is 15.1. The van der Waals surface area contributed by atoms with Crippen molar-refractivity contribution in [2.75, 3.05) is 18.4 Å². The van der Waals surface area contributed by atoms with Crippen LogP contribution < -0.4 is 5.32 Å². The minimum Gasteiger partial charge on any atom is -0.507 e. The van der Waals surface area contributed by atoms with Gasteiger partial charge in [-0.15, -0.1) is 11.3 Å². The number of piperidine rings is 1. The van der Waals surface area contributed by atoms with Gasteiger partial charge in [-0.3, -0.25) is 4.79 Å². The highest BCUT2D eigenvalue weighted by Crippen LogP contribution is 2.30. The summed E-state index contributed by atoms with van der Waals surface area (Å²) in [7, 11) is 0. The second-order valence-corrected chi connectivity index (χ2v) is 8.74. The van der Waals surface area contributed by atoms with E-state index in [0.29, 0.717) is 24.3 Å². The van der Waals surface area contributed by atoms with E-state index in [1.807, 2.05) is 52.1 Å². The lowest BCUT2D eigenvalue weighted by molar-refractivity contribution is 0.0723. The van der Waals surface area contributed by atoms with Gasteiger partial charge in [-0.25, -0.2) is 4.98 Å². The van der Waals surface area contributed by atoms with Gasteiger partial charge in [0.15, 0.2) is 5.65 Å². The highest BCUT2D eigenvalue weighted by atomic mass is 32.1. The molecule has 2 N–H and O–H groups in total. The largest absolute Gasteiger partial charge is 0.507 e. The monoisotopic (exact) mass is 433 g/mol. The summed E-state index contributed by atoms with van der Waals surface area (Å²) in [5.41, 5.74) is 3.11. The molecule has 1 aliphatic rings. The number of likely N-dealkylation sites (tertiary alicyclic amines) is 1. The molecule has 0 aliphatic carbocycles. The fraction of sp³-hybridized carbons (Fsp3) is 0.261. The highest BCUT2D eigenvalue weighted by molar-refractivity contribution is 7.12. The van der Waals surface area contributed by atoms with E-state index < -0.39 is 0 Å². The van der Waals surface area contributed by atoms with Crippen molar-refractivity contribution in [1.29, 1.82) is 0 Å². The number of nitrogens with zero attached hydrogens (tertiary/aromatic N) is 4. The molecular formula is C23H23N5O2S. The molecule has 0 spiro atoms. The third kappa shape index (κ3) is 3.74. The molecule has 1 aliphatic heterocycles. The highest BCUT2D eigenvalue weighted by Gasteiger charge is 2.25. The van der Waals surface area contributed by atoms with Gasteiger partial charge in [0.1, 0.15) is 11.6 Å². The lowest BCUT2D eigenvalue weighted by atomic mass is 10.0. The normalized spacial score (nSPS) is 14.8. The molecule has 31 heavy (non-hydrogen) atoms. The first kappa shape index (κ1) is 19.6. The summed E-state index contributed by atoms with van der Waals surface area (Å²) < 4.78 is 1.81. The van der Waals surface area contributed by atoms with Crippen LogP contribution in [0.15, 0.2) is 54.0 Å². The lowest BCUT2D eigenvalue weighted by Crippen LogP contribution is -2.42. The topological polar surface area (TPSA) is 82.8 Å². The quantitative estimate of drug-likeness (QED) is 0.504. The summed E-state index contributed by atoms with van der Waals surface area (Å²) in [4.78, 5) is 20.1. The molecule has 0 unspecified atom stereocenters. The minimum absolute atomic E-state index is 0.115. The number of aryl methyl sites for hydroxylation is 1. The molecule has 1 fully saturated rings. The van der Waals surface area contributed by atoms with Gasteiger partial charge in [-0.05, 0) is 43.3 Å². The van der Waals surface area contributed by atoms with Crippen LogP contribution in [0.4, 0.5) is 5.82 Å². The van der Waals surface area contributed by atoms with Crippen LogP contribution >= 0.6 is 11.3 Å². The molecule has 0 saturated carbocycles. The molecule has 5 rings (SSSR count). The lowest BCUT2D eigenvalue weighted by Gasteiger charge is -2.32. The zero-order valence-electron chi connectivity index (χ0n) is 17.2. The van der Waals surface area contributed by atoms with Crippen LogP contribution in [0.1, 0.15) is 28.1 Å². The summed E-state index contributed by atoms with van der Waals surface area (Å²) >= 11 is 1.49. The summed E-state index contributed by atoms with van der Waals surface area (Å²) in [5.74, 6) is 1.14. The van der Waals surface area contributed by atoms with Crippen molar-refractivity contribution in [3.05, 3.63) is 64.5 Å². The van der Waals surface area contributed by atoms with Gasteiger partial charge in [-0.1, -0.05) is 18.2 Å². The fourth-order valence-corrected chi connectivity index (χ4v) is 4.69. The van der Waals surface area contributed by atoms with E-state index in [1.165, 1.54) is 11.3 Å². The summed E-state index contributed by atoms with van der Waals surface area (Å²) in [5, 5.41) is 20.3. The summed E-state index contributed by atoms with van der Waals surface area (Å²) in [6, 6.07) is 13.2. The number of benzene rings is 1. The molecule has 0 radical (unpaired) electrons. The van der Waals surface area contributed by atoms with Crippen molar-refractivity contribution in [2.24, 2.45) is 0 Å². The van der Waals surface area contributed by atoms with Crippen LogP contribution in [0.5, 0.6) is 5.75 Å². The van der Waals surface area contributed by atoms with Gasteiger partial charge >= 0.3 is 0 Å². The van der Waals surface area contributed by atoms with E-state index >= 15 is 0 Å². The number of fused-ring (bicyclic) bond motifs is 1. The number of thiophene rings is 1. The predicted octanol–water partition coefficient (Wildman–Crippen LogP) is 4.19. The van der Waals surface area contributed by atoms with E-state index in [-0.39, 0.29) is 17.7 Å². The first-order valence-corrected chi connectivity index (χ1v) is 11.2. The summed E-state index contributed by atoms with van der Waals surface area (Å²) in [6.07, 6.45) is 3.50. The molecule has 0 atom stereocenters. The van der Waals surface area contributed by atoms with E-state index in [4.69, 9.17) is 4.98 Å². The third-order valence-corrected chi connectivity index (χ3v) is 6.55. The van der Waals surface area contributed by atoms with Crippen LogP contribution in [-0.2, 0) is 0 Å². The number of hydrogen-bond donors (Lipinski definition) is 2. The number of aromatic hydroxyl groups is 1. The van der Waals surface area contributed by atoms with Crippen molar-refractivity contribution in [2.45, 2.75) is 25.8 Å². The third-order valence-electron chi connectivity index (χ3n) is 5.69. The van der Waals surface area contributed by atoms with Crippen LogP contribution in [0.3, 0.4) is 0 Å². The van der Waals surface area contributed by atoms with Crippen molar-refractivity contribution in [3.8, 4) is 17.0 Å². The molecular weight excluding hydrogens is 410 g/mol. The number of carbonyl (C=O) groups excluding carboxylic acids is 1. The van der Waals surface area contributed by atoms with Crippen LogP contribution in [0.25, 0.3) is 16.9 Å². The Bertz CT molecular complexity index is 1230. The van der Waals surface area contributed by atoms with Gasteiger partial charge in [0.2, 0.25) is 0 Å². The Balaban J connectivity index is 1.38. The van der Waals surface area contributed by atoms with E-state index in [9.17, 15) is 9.90 Å². The van der Waals surface area contributed by atoms with Crippen molar-refractivity contribution >= 4 is 28.7 Å². The molecule has 7 nitrogen and oxygen atoms in total. The molecule has 8 heteroatoms. The molecule has 158 valence electrons. The van der Waals surface area contributed by atoms with Gasteiger partial charge < -0.3 is 15.3 Å². The molecule has 4 heterocycles. The van der Waals surface area contributed by atoms with Gasteiger partial charge in [0.05, 0.1) is 16.8 Å². The predicted molar refractivity (Wildman–Crippen MR) is 122 cm³/mol. The maximum Gasteiger partial charge on any atom is 0.263 e. The molecule has 4 aromatic rings. The smallest absolute Gasteiger partial charge is 0.263 e. The number of nitrogens with one attached hydrogen (secondary N) is 1. The second-order valence-electron chi connectivity index (χ2n) is 7.79. The van der Waals surface area contributed by atoms with Crippen molar-refractivity contribution in [1.82, 2.24) is 19.5 Å². The number of anilines is 1. The Hall–Kier alpha value is -3.39. The zero-order valence-corrected chi connectivity index (χ0v) is 18.0. The Morgan fingerprint density at radius 2 is 2.00 bits per heavy atom. The number of carbonyl (C=O) groups is 1. The number of amides is 1. The SMILES string of the molecule is Cc1cnn2c(NC3CCN(C(=O)c4cccs4)CC3)cc(-c3ccccc3O)nc12. The number of phenols is 1. The van der Waals surface area contributed by atoms with Crippen LogP contribution in [-0.4, -0.2) is 49.6 Å². The maximum absolute atomic E-state index is 12.6. The Kier molecular flexibility index (Phi) is 5.07. The fourth-order valence-electron chi connectivity index (χ4n) is 4.00. The average molecular weight is 434 g/mol. The molecule has 3 aromatic heterocycles. The first-order valence-electron chi connectivity index (χ1n) is 10.3. The number of hydrogen-bond acceptors (Lipinski definition) is 6. The molecule has 1 amide bonds. The van der Waals surface area contributed by atoms with Crippen LogP contribution in [0, 0.1) is 6.92 Å². The number of para-hydroxylation sites is 1. The number of rotatable bonds is 4. The van der Waals surface area contributed by atoms with Gasteiger partial charge in [-0.2, -0.15) is 9.61 Å². The maximum atomic E-state index is 12.6. The summed E-state index contributed by atoms with van der Waals surface area (Å²) in [6.45, 7) is 3.41. The standard InChI is InChI=1S/C23H23N5O2S/c1-15-14-24-28-21(13-18(26-22(15)28)17-5-2-3-6-19(17)29)25-16-8-10-27(11-9-16)23(30)20-7-4-12-31-20/h2-7,12-14,16,25,29H,8-11H2,1H3. The van der Waals surface area contributed by atoms with E-state index in [0.717, 1.165) is 34.7 Å². The minimum atomic E-state index is 0.115. The Labute approximate surface area is 184 Å². The number of phenolic OH excluding ortho intramolecular Hbond substituents is 1. The average Bonchev–Trinajstić information content (AvgIpc) is 3.45. The Morgan fingerprint density at radius 3 is 2.74 bits per heavy atom. The van der Waals surface area contributed by atoms with Crippen molar-refractivity contribution < 1.29 is 9.90 Å². The van der Waals surface area contributed by atoms with Crippen LogP contribution in [0.2, 0.25) is 0 Å². The molecule has 1 aromatic carbocycles. The number of aromatic nitrogens is 3. The van der Waals surface area contributed by atoms with Crippen molar-refractivity contribution in [3.63, 3.8) is 0 Å². The zero-order chi connectivity index (χ0) is 21.4.